The van der Waals surface area contributed by atoms with Crippen LogP contribution in [0.15, 0.2) is 53.3 Å². The van der Waals surface area contributed by atoms with Crippen molar-refractivity contribution in [3.63, 3.8) is 0 Å². The Morgan fingerprint density at radius 3 is 2.97 bits per heavy atom. The minimum atomic E-state index is -0.258. The average molecular weight is 429 g/mol. The molecule has 1 aliphatic heterocycles. The molecule has 3 heterocycles. The molecule has 3 aromatic rings. The molecule has 0 spiro atoms. The minimum absolute atomic E-state index is 0.0640. The number of nitriles is 1. The van der Waals surface area contributed by atoms with E-state index in [4.69, 9.17) is 0 Å². The molecule has 32 heavy (non-hydrogen) atoms. The molecule has 0 bridgehead atoms. The highest BCUT2D eigenvalue weighted by atomic mass is 16.2. The van der Waals surface area contributed by atoms with Crippen molar-refractivity contribution in [2.75, 3.05) is 0 Å². The second-order valence-electron chi connectivity index (χ2n) is 7.57. The van der Waals surface area contributed by atoms with Gasteiger partial charge in [-0.3, -0.25) is 9.89 Å². The summed E-state index contributed by atoms with van der Waals surface area (Å²) in [6, 6.07) is 11.8. The number of fused-ring (bicyclic) bond motifs is 1. The molecule has 0 fully saturated rings. The monoisotopic (exact) mass is 428 g/mol. The number of H-pyrrole nitrogens is 1. The maximum Gasteiger partial charge on any atom is 0.270 e. The summed E-state index contributed by atoms with van der Waals surface area (Å²) in [7, 11) is 0. The van der Waals surface area contributed by atoms with E-state index in [-0.39, 0.29) is 11.9 Å². The number of hydrogen-bond acceptors (Lipinski definition) is 6. The Balaban J connectivity index is 1.47. The second kappa shape index (κ2) is 9.39. The Kier molecular flexibility index (Phi) is 6.22. The number of aryl methyl sites for hydroxylation is 1. The Morgan fingerprint density at radius 2 is 2.22 bits per heavy atom. The Labute approximate surface area is 185 Å². The summed E-state index contributed by atoms with van der Waals surface area (Å²) in [6.07, 6.45) is 5.35. The van der Waals surface area contributed by atoms with Gasteiger partial charge in [-0.05, 0) is 25.8 Å². The number of aliphatic imine (C=N–C) groups is 1. The highest BCUT2D eigenvalue weighted by molar-refractivity contribution is 6.08. The molecular formula is C23H24N8O. The van der Waals surface area contributed by atoms with Crippen molar-refractivity contribution in [2.24, 2.45) is 4.99 Å². The van der Waals surface area contributed by atoms with Crippen LogP contribution in [0.5, 0.6) is 0 Å². The normalized spacial score (nSPS) is 16.3. The number of nitrogens with one attached hydrogen (secondary N) is 2. The largest absolute Gasteiger partial charge is 0.347 e. The molecule has 1 amide bonds. The fourth-order valence-corrected chi connectivity index (χ4v) is 3.68. The van der Waals surface area contributed by atoms with E-state index in [1.165, 1.54) is 0 Å². The lowest BCUT2D eigenvalue weighted by molar-refractivity contribution is 0.0924. The van der Waals surface area contributed by atoms with Gasteiger partial charge in [0, 0.05) is 30.1 Å². The summed E-state index contributed by atoms with van der Waals surface area (Å²) in [4.78, 5) is 22.0. The Bertz CT molecular complexity index is 1210. The van der Waals surface area contributed by atoms with Crippen molar-refractivity contribution in [2.45, 2.75) is 45.7 Å². The quantitative estimate of drug-likeness (QED) is 0.461. The molecule has 1 atom stereocenters. The SMILES string of the molecule is CC/C=C(/C#N)N=C(C)c1cn[nH]c1C(=O)NC1CCn2nc(-c3ccccc3)nc2C1. The van der Waals surface area contributed by atoms with Gasteiger partial charge in [0.15, 0.2) is 5.82 Å². The van der Waals surface area contributed by atoms with E-state index < -0.39 is 0 Å². The molecule has 0 saturated carbocycles. The van der Waals surface area contributed by atoms with Gasteiger partial charge in [0.2, 0.25) is 0 Å². The van der Waals surface area contributed by atoms with Crippen LogP contribution in [0.1, 0.15) is 48.6 Å². The Morgan fingerprint density at radius 1 is 1.41 bits per heavy atom. The first kappa shape index (κ1) is 21.2. The van der Waals surface area contributed by atoms with Crippen LogP contribution < -0.4 is 5.32 Å². The lowest BCUT2D eigenvalue weighted by Gasteiger charge is -2.23. The molecule has 1 unspecified atom stereocenters. The minimum Gasteiger partial charge on any atom is -0.347 e. The summed E-state index contributed by atoms with van der Waals surface area (Å²) >= 11 is 0. The molecule has 0 radical (unpaired) electrons. The van der Waals surface area contributed by atoms with Gasteiger partial charge in [-0.2, -0.15) is 15.5 Å². The summed E-state index contributed by atoms with van der Waals surface area (Å²) in [6.45, 7) is 4.38. The number of carbonyl (C=O) groups is 1. The van der Waals surface area contributed by atoms with Crippen LogP contribution in [0.2, 0.25) is 0 Å². The van der Waals surface area contributed by atoms with E-state index in [9.17, 15) is 10.1 Å². The highest BCUT2D eigenvalue weighted by Gasteiger charge is 2.25. The van der Waals surface area contributed by atoms with E-state index in [1.54, 1.807) is 19.2 Å². The number of carbonyl (C=O) groups excluding carboxylic acids is 1. The van der Waals surface area contributed by atoms with Gasteiger partial charge >= 0.3 is 0 Å². The zero-order chi connectivity index (χ0) is 22.5. The van der Waals surface area contributed by atoms with Crippen molar-refractivity contribution in [1.29, 1.82) is 5.26 Å². The summed E-state index contributed by atoms with van der Waals surface area (Å²) in [5, 5.41) is 23.7. The third-order valence-corrected chi connectivity index (χ3v) is 5.29. The van der Waals surface area contributed by atoms with Crippen LogP contribution in [0, 0.1) is 11.3 Å². The van der Waals surface area contributed by atoms with Crippen LogP contribution in [0.25, 0.3) is 11.4 Å². The predicted molar refractivity (Wildman–Crippen MR) is 120 cm³/mol. The first-order valence-corrected chi connectivity index (χ1v) is 10.6. The molecule has 1 aliphatic rings. The molecule has 0 saturated heterocycles. The van der Waals surface area contributed by atoms with Gasteiger partial charge < -0.3 is 5.32 Å². The average Bonchev–Trinajstić information content (AvgIpc) is 3.46. The summed E-state index contributed by atoms with van der Waals surface area (Å²) in [5.41, 5.74) is 2.75. The van der Waals surface area contributed by atoms with Crippen LogP contribution in [-0.2, 0) is 13.0 Å². The van der Waals surface area contributed by atoms with E-state index in [2.05, 4.69) is 36.7 Å². The predicted octanol–water partition coefficient (Wildman–Crippen LogP) is 3.04. The number of aromatic nitrogens is 5. The zero-order valence-electron chi connectivity index (χ0n) is 18.0. The lowest BCUT2D eigenvalue weighted by atomic mass is 10.1. The van der Waals surface area contributed by atoms with Crippen molar-refractivity contribution >= 4 is 11.6 Å². The van der Waals surface area contributed by atoms with E-state index >= 15 is 0 Å². The molecule has 9 heteroatoms. The van der Waals surface area contributed by atoms with Crippen molar-refractivity contribution in [1.82, 2.24) is 30.3 Å². The Hall–Kier alpha value is -4.06. The smallest absolute Gasteiger partial charge is 0.270 e. The standard InChI is InChI=1S/C23H24N8O/c1-3-7-18(13-24)26-15(2)19-14-25-29-21(19)23(32)27-17-10-11-31-20(12-17)28-22(30-31)16-8-5-4-6-9-16/h4-9,14,17H,3,10-12H2,1-2H3,(H,25,29)(H,27,32)/b18-7-,26-15?. The van der Waals surface area contributed by atoms with E-state index in [1.807, 2.05) is 41.9 Å². The van der Waals surface area contributed by atoms with Gasteiger partial charge in [0.25, 0.3) is 5.91 Å². The molecule has 2 aromatic heterocycles. The van der Waals surface area contributed by atoms with Gasteiger partial charge in [-0.15, -0.1) is 0 Å². The van der Waals surface area contributed by atoms with Crippen LogP contribution in [-0.4, -0.2) is 42.6 Å². The number of aromatic amines is 1. The number of hydrogen-bond donors (Lipinski definition) is 2. The van der Waals surface area contributed by atoms with Crippen molar-refractivity contribution in [3.8, 4) is 17.5 Å². The fourth-order valence-electron chi connectivity index (χ4n) is 3.68. The first-order valence-electron chi connectivity index (χ1n) is 10.6. The molecule has 1 aromatic carbocycles. The van der Waals surface area contributed by atoms with Gasteiger partial charge in [-0.1, -0.05) is 37.3 Å². The topological polar surface area (TPSA) is 125 Å². The van der Waals surface area contributed by atoms with Crippen LogP contribution >= 0.6 is 0 Å². The first-order chi connectivity index (χ1) is 15.6. The van der Waals surface area contributed by atoms with Crippen molar-refractivity contribution < 1.29 is 4.79 Å². The third-order valence-electron chi connectivity index (χ3n) is 5.29. The molecule has 2 N–H and O–H groups in total. The van der Waals surface area contributed by atoms with Gasteiger partial charge in [0.1, 0.15) is 23.3 Å². The van der Waals surface area contributed by atoms with Gasteiger partial charge in [0.05, 0.1) is 11.9 Å². The van der Waals surface area contributed by atoms with Crippen LogP contribution in [0.4, 0.5) is 0 Å². The molecular weight excluding hydrogens is 404 g/mol. The van der Waals surface area contributed by atoms with E-state index in [0.717, 1.165) is 17.8 Å². The molecule has 162 valence electrons. The summed E-state index contributed by atoms with van der Waals surface area (Å²) in [5.74, 6) is 1.29. The van der Waals surface area contributed by atoms with Crippen LogP contribution in [0.3, 0.4) is 0 Å². The highest BCUT2D eigenvalue weighted by Crippen LogP contribution is 2.20. The number of benzene rings is 1. The maximum absolute atomic E-state index is 13.0. The number of amides is 1. The zero-order valence-corrected chi connectivity index (χ0v) is 18.0. The fraction of sp³-hybridized carbons (Fsp3) is 0.304. The number of nitrogens with zero attached hydrogens (tertiary/aromatic N) is 6. The third kappa shape index (κ3) is 4.49. The molecule has 9 nitrogen and oxygen atoms in total. The summed E-state index contributed by atoms with van der Waals surface area (Å²) < 4.78 is 1.91. The molecule has 0 aliphatic carbocycles. The maximum atomic E-state index is 13.0. The van der Waals surface area contributed by atoms with Gasteiger partial charge in [-0.25, -0.2) is 14.7 Å². The lowest BCUT2D eigenvalue weighted by Crippen LogP contribution is -2.41. The molecule has 4 rings (SSSR count). The number of allylic oxidation sites excluding steroid dienone is 2. The second-order valence-corrected chi connectivity index (χ2v) is 7.57. The van der Waals surface area contributed by atoms with E-state index in [0.29, 0.717) is 47.9 Å². The number of rotatable bonds is 6. The van der Waals surface area contributed by atoms with Crippen molar-refractivity contribution in [3.05, 3.63) is 65.4 Å².